The first kappa shape index (κ1) is 21.6. The highest BCUT2D eigenvalue weighted by Gasteiger charge is 2.21. The van der Waals surface area contributed by atoms with Gasteiger partial charge in [0.15, 0.2) is 0 Å². The number of aryl methyl sites for hydroxylation is 2. The maximum atomic E-state index is 12.6. The summed E-state index contributed by atoms with van der Waals surface area (Å²) < 4.78 is 4.70. The summed E-state index contributed by atoms with van der Waals surface area (Å²) in [5.41, 5.74) is 4.78. The molecule has 1 saturated heterocycles. The molecular weight excluding hydrogens is 402 g/mol. The van der Waals surface area contributed by atoms with Gasteiger partial charge in [-0.25, -0.2) is 9.78 Å². The third-order valence-corrected chi connectivity index (χ3v) is 5.90. The minimum absolute atomic E-state index is 0.0137. The molecule has 164 valence electrons. The second-order valence-corrected chi connectivity index (χ2v) is 8.03. The van der Waals surface area contributed by atoms with Crippen molar-refractivity contribution in [1.29, 1.82) is 0 Å². The number of rotatable bonds is 4. The highest BCUT2D eigenvalue weighted by molar-refractivity contribution is 5.93. The fourth-order valence-corrected chi connectivity index (χ4v) is 3.98. The minimum Gasteiger partial charge on any atom is -0.465 e. The van der Waals surface area contributed by atoms with Gasteiger partial charge in [0.2, 0.25) is 5.91 Å². The Labute approximate surface area is 188 Å². The number of amides is 1. The SMILES string of the molecule is COC(=O)c1ccc(/C=C/C(=O)N2CCN(c3cc(C)c4cccc(C)c4n3)CC2)cc1. The van der Waals surface area contributed by atoms with Gasteiger partial charge in [-0.05, 0) is 54.8 Å². The van der Waals surface area contributed by atoms with Crippen molar-refractivity contribution >= 4 is 34.7 Å². The number of pyridine rings is 1. The number of nitrogens with zero attached hydrogens (tertiary/aromatic N) is 3. The van der Waals surface area contributed by atoms with E-state index in [9.17, 15) is 9.59 Å². The molecule has 0 saturated carbocycles. The lowest BCUT2D eigenvalue weighted by molar-refractivity contribution is -0.126. The molecule has 6 nitrogen and oxygen atoms in total. The average Bonchev–Trinajstić information content (AvgIpc) is 2.83. The van der Waals surface area contributed by atoms with Crippen LogP contribution in [0.4, 0.5) is 5.82 Å². The van der Waals surface area contributed by atoms with E-state index in [2.05, 4.69) is 43.0 Å². The smallest absolute Gasteiger partial charge is 0.337 e. The molecule has 2 heterocycles. The van der Waals surface area contributed by atoms with Gasteiger partial charge in [-0.1, -0.05) is 30.3 Å². The lowest BCUT2D eigenvalue weighted by Gasteiger charge is -2.35. The summed E-state index contributed by atoms with van der Waals surface area (Å²) in [5.74, 6) is 0.582. The van der Waals surface area contributed by atoms with Gasteiger partial charge < -0.3 is 14.5 Å². The average molecular weight is 430 g/mol. The van der Waals surface area contributed by atoms with Crippen LogP contribution in [-0.4, -0.2) is 55.0 Å². The Hall–Kier alpha value is -3.67. The van der Waals surface area contributed by atoms with Gasteiger partial charge in [-0.3, -0.25) is 4.79 Å². The van der Waals surface area contributed by atoms with Crippen molar-refractivity contribution in [3.8, 4) is 0 Å². The molecule has 1 fully saturated rings. The number of carbonyl (C=O) groups excluding carboxylic acids is 2. The molecule has 0 atom stereocenters. The molecule has 0 aliphatic carbocycles. The third-order valence-electron chi connectivity index (χ3n) is 5.90. The van der Waals surface area contributed by atoms with Crippen LogP contribution in [-0.2, 0) is 9.53 Å². The van der Waals surface area contributed by atoms with E-state index in [0.717, 1.165) is 30.0 Å². The lowest BCUT2D eigenvalue weighted by Crippen LogP contribution is -2.48. The van der Waals surface area contributed by atoms with Gasteiger partial charge in [0, 0.05) is 37.6 Å². The first-order valence-electron chi connectivity index (χ1n) is 10.7. The van der Waals surface area contributed by atoms with Crippen molar-refractivity contribution in [2.45, 2.75) is 13.8 Å². The maximum Gasteiger partial charge on any atom is 0.337 e. The molecule has 1 amide bonds. The van der Waals surface area contributed by atoms with Crippen molar-refractivity contribution in [3.05, 3.63) is 76.9 Å². The van der Waals surface area contributed by atoms with Gasteiger partial charge in [0.1, 0.15) is 5.82 Å². The quantitative estimate of drug-likeness (QED) is 0.463. The van der Waals surface area contributed by atoms with E-state index in [-0.39, 0.29) is 11.9 Å². The Bertz CT molecular complexity index is 1180. The molecule has 0 unspecified atom stereocenters. The molecule has 1 aliphatic heterocycles. The monoisotopic (exact) mass is 429 g/mol. The second-order valence-electron chi connectivity index (χ2n) is 8.03. The molecule has 0 radical (unpaired) electrons. The number of aromatic nitrogens is 1. The summed E-state index contributed by atoms with van der Waals surface area (Å²) in [7, 11) is 1.35. The second kappa shape index (κ2) is 9.22. The summed E-state index contributed by atoms with van der Waals surface area (Å²) in [6.45, 7) is 7.00. The zero-order chi connectivity index (χ0) is 22.7. The number of para-hydroxylation sites is 1. The Morgan fingerprint density at radius 2 is 1.69 bits per heavy atom. The number of benzene rings is 2. The fraction of sp³-hybridized carbons (Fsp3) is 0.269. The summed E-state index contributed by atoms with van der Waals surface area (Å²) in [5, 5.41) is 1.19. The summed E-state index contributed by atoms with van der Waals surface area (Å²) >= 11 is 0. The highest BCUT2D eigenvalue weighted by atomic mass is 16.5. The first-order valence-corrected chi connectivity index (χ1v) is 10.7. The van der Waals surface area contributed by atoms with E-state index < -0.39 is 0 Å². The van der Waals surface area contributed by atoms with Crippen molar-refractivity contribution in [1.82, 2.24) is 9.88 Å². The predicted octanol–water partition coefficient (Wildman–Crippen LogP) is 4.00. The number of hydrogen-bond acceptors (Lipinski definition) is 5. The van der Waals surface area contributed by atoms with Crippen LogP contribution in [0.5, 0.6) is 0 Å². The van der Waals surface area contributed by atoms with Gasteiger partial charge in [0.25, 0.3) is 0 Å². The molecule has 3 aromatic rings. The van der Waals surface area contributed by atoms with E-state index >= 15 is 0 Å². The number of carbonyl (C=O) groups is 2. The fourth-order valence-electron chi connectivity index (χ4n) is 3.98. The highest BCUT2D eigenvalue weighted by Crippen LogP contribution is 2.25. The van der Waals surface area contributed by atoms with Crippen LogP contribution in [0.3, 0.4) is 0 Å². The summed E-state index contributed by atoms with van der Waals surface area (Å²) in [6.07, 6.45) is 3.36. The number of piperazine rings is 1. The van der Waals surface area contributed by atoms with E-state index in [1.54, 1.807) is 36.4 Å². The van der Waals surface area contributed by atoms with Crippen molar-refractivity contribution in [2.24, 2.45) is 0 Å². The number of ether oxygens (including phenoxy) is 1. The molecule has 4 rings (SSSR count). The topological polar surface area (TPSA) is 62.7 Å². The van der Waals surface area contributed by atoms with Crippen LogP contribution in [0.15, 0.2) is 54.6 Å². The standard InChI is InChI=1S/C26H27N3O3/c1-18-5-4-6-22-19(2)17-23(27-25(18)22)28-13-15-29(16-14-28)24(30)12-9-20-7-10-21(11-8-20)26(31)32-3/h4-12,17H,13-16H2,1-3H3/b12-9+. The van der Waals surface area contributed by atoms with Gasteiger partial charge in [0.05, 0.1) is 18.2 Å². The molecule has 0 spiro atoms. The minimum atomic E-state index is -0.374. The largest absolute Gasteiger partial charge is 0.465 e. The van der Waals surface area contributed by atoms with Gasteiger partial charge in [-0.15, -0.1) is 0 Å². The number of fused-ring (bicyclic) bond motifs is 1. The van der Waals surface area contributed by atoms with Crippen LogP contribution in [0, 0.1) is 13.8 Å². The van der Waals surface area contributed by atoms with Gasteiger partial charge in [-0.2, -0.15) is 0 Å². The number of esters is 1. The van der Waals surface area contributed by atoms with E-state index in [4.69, 9.17) is 9.72 Å². The number of methoxy groups -OCH3 is 1. The van der Waals surface area contributed by atoms with Crippen molar-refractivity contribution < 1.29 is 14.3 Å². The molecule has 1 aliphatic rings. The Morgan fingerprint density at radius 3 is 2.38 bits per heavy atom. The van der Waals surface area contributed by atoms with Crippen molar-refractivity contribution in [2.75, 3.05) is 38.2 Å². The van der Waals surface area contributed by atoms with Crippen LogP contribution in [0.1, 0.15) is 27.0 Å². The Morgan fingerprint density at radius 1 is 0.969 bits per heavy atom. The third kappa shape index (κ3) is 4.49. The predicted molar refractivity (Wildman–Crippen MR) is 127 cm³/mol. The number of anilines is 1. The molecule has 0 bridgehead atoms. The maximum absolute atomic E-state index is 12.6. The Balaban J connectivity index is 1.39. The molecule has 0 N–H and O–H groups in total. The van der Waals surface area contributed by atoms with E-state index in [1.807, 2.05) is 4.90 Å². The number of hydrogen-bond donors (Lipinski definition) is 0. The van der Waals surface area contributed by atoms with Crippen LogP contribution < -0.4 is 4.90 Å². The van der Waals surface area contributed by atoms with E-state index in [0.29, 0.717) is 18.7 Å². The van der Waals surface area contributed by atoms with Crippen LogP contribution in [0.2, 0.25) is 0 Å². The summed E-state index contributed by atoms with van der Waals surface area (Å²) in [6, 6.07) is 15.4. The normalized spacial score (nSPS) is 14.2. The van der Waals surface area contributed by atoms with Crippen LogP contribution >= 0.6 is 0 Å². The molecule has 1 aromatic heterocycles. The van der Waals surface area contributed by atoms with Crippen molar-refractivity contribution in [3.63, 3.8) is 0 Å². The van der Waals surface area contributed by atoms with Gasteiger partial charge >= 0.3 is 5.97 Å². The zero-order valence-electron chi connectivity index (χ0n) is 18.7. The lowest BCUT2D eigenvalue weighted by atomic mass is 10.1. The molecule has 32 heavy (non-hydrogen) atoms. The first-order chi connectivity index (χ1) is 15.5. The molecule has 6 heteroatoms. The molecule has 2 aromatic carbocycles. The zero-order valence-corrected chi connectivity index (χ0v) is 18.7. The van der Waals surface area contributed by atoms with E-state index in [1.165, 1.54) is 23.6 Å². The van der Waals surface area contributed by atoms with Crippen LogP contribution in [0.25, 0.3) is 17.0 Å². The molecular formula is C26H27N3O3. The Kier molecular flexibility index (Phi) is 6.21. The summed E-state index contributed by atoms with van der Waals surface area (Å²) in [4.78, 5) is 33.2.